The second-order valence-corrected chi connectivity index (χ2v) is 7.12. The van der Waals surface area contributed by atoms with E-state index in [1.54, 1.807) is 24.5 Å². The molecule has 0 saturated heterocycles. The second-order valence-electron chi connectivity index (χ2n) is 4.25. The van der Waals surface area contributed by atoms with Crippen LogP contribution in [0.15, 0.2) is 18.2 Å². The van der Waals surface area contributed by atoms with E-state index < -0.39 is 10.8 Å². The number of anilines is 1. The molecule has 0 fully saturated rings. The number of aromatic nitrogens is 1. The quantitative estimate of drug-likeness (QED) is 0.892. The van der Waals surface area contributed by atoms with Crippen molar-refractivity contribution in [2.24, 2.45) is 0 Å². The topological polar surface area (TPSA) is 85.1 Å². The zero-order valence-electron chi connectivity index (χ0n) is 10.7. The number of nitrogen functional groups attached to an aromatic ring is 1. The van der Waals surface area contributed by atoms with Crippen molar-refractivity contribution in [2.45, 2.75) is 12.2 Å². The Morgan fingerprint density at radius 3 is 3.00 bits per heavy atom. The lowest BCUT2D eigenvalue weighted by Gasteiger charge is -2.09. The van der Waals surface area contributed by atoms with Gasteiger partial charge in [0.15, 0.2) is 5.13 Å². The van der Waals surface area contributed by atoms with Gasteiger partial charge in [-0.2, -0.15) is 0 Å². The molecule has 5 nitrogen and oxygen atoms in total. The van der Waals surface area contributed by atoms with Gasteiger partial charge in [0, 0.05) is 34.4 Å². The highest BCUT2D eigenvalue weighted by Crippen LogP contribution is 2.24. The molecule has 0 radical (unpaired) electrons. The van der Waals surface area contributed by atoms with E-state index in [0.717, 1.165) is 10.2 Å². The molecular weight excluding hydrogens is 282 g/mol. The number of carbonyl (C=O) groups excluding carboxylic acids is 1. The number of carbonyl (C=O) groups is 1. The Morgan fingerprint density at radius 2 is 2.32 bits per heavy atom. The van der Waals surface area contributed by atoms with Gasteiger partial charge in [-0.3, -0.25) is 9.00 Å². The van der Waals surface area contributed by atoms with Crippen LogP contribution in [-0.2, 0) is 10.8 Å². The van der Waals surface area contributed by atoms with Crippen LogP contribution in [0.4, 0.5) is 5.13 Å². The average Bonchev–Trinajstić information content (AvgIpc) is 2.74. The van der Waals surface area contributed by atoms with Gasteiger partial charge >= 0.3 is 0 Å². The highest BCUT2D eigenvalue weighted by Gasteiger charge is 2.11. The molecule has 0 saturated carbocycles. The zero-order chi connectivity index (χ0) is 14.0. The third kappa shape index (κ3) is 3.30. The molecule has 0 spiro atoms. The largest absolute Gasteiger partial charge is 0.375 e. The Kier molecular flexibility index (Phi) is 4.16. The molecule has 2 atom stereocenters. The summed E-state index contributed by atoms with van der Waals surface area (Å²) in [5.74, 6) is -0.175. The third-order valence-electron chi connectivity index (χ3n) is 2.78. The Balaban J connectivity index is 2.10. The van der Waals surface area contributed by atoms with Crippen molar-refractivity contribution in [1.29, 1.82) is 0 Å². The van der Waals surface area contributed by atoms with E-state index in [2.05, 4.69) is 10.3 Å². The number of nitrogens with two attached hydrogens (primary N) is 1. The molecular formula is C12H15N3O2S2. The summed E-state index contributed by atoms with van der Waals surface area (Å²) in [6.45, 7) is 2.23. The molecule has 2 unspecified atom stereocenters. The predicted molar refractivity (Wildman–Crippen MR) is 79.9 cm³/mol. The summed E-state index contributed by atoms with van der Waals surface area (Å²) >= 11 is 1.35. The molecule has 1 aromatic carbocycles. The van der Waals surface area contributed by atoms with Crippen molar-refractivity contribution < 1.29 is 9.00 Å². The Bertz CT molecular complexity index is 639. The predicted octanol–water partition coefficient (Wildman–Crippen LogP) is 1.38. The first kappa shape index (κ1) is 14.0. The monoisotopic (exact) mass is 297 g/mol. The molecule has 2 rings (SSSR count). The maximum atomic E-state index is 12.0. The van der Waals surface area contributed by atoms with Gasteiger partial charge in [0.2, 0.25) is 0 Å². The van der Waals surface area contributed by atoms with Crippen LogP contribution in [0.1, 0.15) is 17.3 Å². The minimum Gasteiger partial charge on any atom is -0.375 e. The smallest absolute Gasteiger partial charge is 0.251 e. The number of amides is 1. The minimum absolute atomic E-state index is 0.0632. The number of hydrogen-bond acceptors (Lipinski definition) is 5. The van der Waals surface area contributed by atoms with Crippen LogP contribution in [-0.4, -0.2) is 33.2 Å². The molecule has 0 aliphatic rings. The van der Waals surface area contributed by atoms with Gasteiger partial charge < -0.3 is 11.1 Å². The van der Waals surface area contributed by atoms with Crippen LogP contribution >= 0.6 is 11.3 Å². The van der Waals surface area contributed by atoms with Gasteiger partial charge in [0.25, 0.3) is 5.91 Å². The molecule has 0 aliphatic heterocycles. The molecule has 1 heterocycles. The molecule has 0 bridgehead atoms. The van der Waals surface area contributed by atoms with Gasteiger partial charge in [-0.05, 0) is 25.1 Å². The number of hydrogen-bond donors (Lipinski definition) is 2. The number of benzene rings is 1. The molecule has 3 N–H and O–H groups in total. The van der Waals surface area contributed by atoms with E-state index in [4.69, 9.17) is 5.73 Å². The maximum Gasteiger partial charge on any atom is 0.251 e. The highest BCUT2D eigenvalue weighted by molar-refractivity contribution is 7.84. The summed E-state index contributed by atoms with van der Waals surface area (Å²) in [6, 6.07) is 5.26. The maximum absolute atomic E-state index is 12.0. The molecule has 1 aromatic heterocycles. The first-order valence-corrected chi connectivity index (χ1v) is 8.17. The normalized spacial score (nSPS) is 14.2. The highest BCUT2D eigenvalue weighted by atomic mass is 32.2. The zero-order valence-corrected chi connectivity index (χ0v) is 12.3. The fourth-order valence-electron chi connectivity index (χ4n) is 1.54. The van der Waals surface area contributed by atoms with Crippen molar-refractivity contribution in [1.82, 2.24) is 10.3 Å². The van der Waals surface area contributed by atoms with Crippen molar-refractivity contribution in [3.63, 3.8) is 0 Å². The summed E-state index contributed by atoms with van der Waals surface area (Å²) in [4.78, 5) is 16.1. The molecule has 0 aliphatic carbocycles. The summed E-state index contributed by atoms with van der Waals surface area (Å²) < 4.78 is 12.1. The lowest BCUT2D eigenvalue weighted by Crippen LogP contribution is -2.32. The minimum atomic E-state index is -0.941. The van der Waals surface area contributed by atoms with Crippen LogP contribution in [0.3, 0.4) is 0 Å². The van der Waals surface area contributed by atoms with Crippen molar-refractivity contribution in [3.8, 4) is 0 Å². The molecule has 7 heteroatoms. The number of nitrogens with zero attached hydrogens (tertiary/aromatic N) is 1. The van der Waals surface area contributed by atoms with E-state index in [0.29, 0.717) is 17.2 Å². The number of fused-ring (bicyclic) bond motifs is 1. The first-order valence-electron chi connectivity index (χ1n) is 5.74. The van der Waals surface area contributed by atoms with Gasteiger partial charge in [-0.1, -0.05) is 11.3 Å². The number of nitrogens with one attached hydrogen (secondary N) is 1. The van der Waals surface area contributed by atoms with Crippen LogP contribution in [0, 0.1) is 0 Å². The molecule has 1 amide bonds. The lowest BCUT2D eigenvalue weighted by atomic mass is 10.2. The second kappa shape index (κ2) is 5.66. The van der Waals surface area contributed by atoms with E-state index in [1.807, 2.05) is 6.92 Å². The van der Waals surface area contributed by atoms with Crippen molar-refractivity contribution >= 4 is 43.4 Å². The van der Waals surface area contributed by atoms with E-state index in [9.17, 15) is 9.00 Å². The fourth-order valence-corrected chi connectivity index (χ4v) is 2.63. The third-order valence-corrected chi connectivity index (χ3v) is 4.93. The summed E-state index contributed by atoms with van der Waals surface area (Å²) in [6.07, 6.45) is 1.63. The van der Waals surface area contributed by atoms with E-state index >= 15 is 0 Å². The van der Waals surface area contributed by atoms with Gasteiger partial charge in [-0.15, -0.1) is 0 Å². The van der Waals surface area contributed by atoms with Crippen LogP contribution in [0.5, 0.6) is 0 Å². The molecule has 102 valence electrons. The van der Waals surface area contributed by atoms with Crippen molar-refractivity contribution in [3.05, 3.63) is 23.8 Å². The molecule has 19 heavy (non-hydrogen) atoms. The Morgan fingerprint density at radius 1 is 1.58 bits per heavy atom. The molecule has 2 aromatic rings. The van der Waals surface area contributed by atoms with Gasteiger partial charge in [0.1, 0.15) is 0 Å². The van der Waals surface area contributed by atoms with E-state index in [1.165, 1.54) is 11.3 Å². The summed E-state index contributed by atoms with van der Waals surface area (Å²) in [5.41, 5.74) is 6.98. The number of thiazole rings is 1. The van der Waals surface area contributed by atoms with Crippen molar-refractivity contribution in [2.75, 3.05) is 18.5 Å². The Labute approximate surface area is 117 Å². The van der Waals surface area contributed by atoms with Crippen LogP contribution < -0.4 is 11.1 Å². The average molecular weight is 297 g/mol. The SMILES string of the molecule is CC(CNC(=O)c1ccc2nc(N)sc2c1)S(C)=O. The van der Waals surface area contributed by atoms with Crippen LogP contribution in [0.2, 0.25) is 0 Å². The number of rotatable bonds is 4. The standard InChI is InChI=1S/C12H15N3O2S2/c1-7(19(2)17)6-14-11(16)8-3-4-9-10(5-8)18-12(13)15-9/h3-5,7H,6H2,1-2H3,(H2,13,15)(H,14,16). The summed E-state index contributed by atoms with van der Waals surface area (Å²) in [7, 11) is -0.941. The van der Waals surface area contributed by atoms with E-state index in [-0.39, 0.29) is 11.2 Å². The first-order chi connectivity index (χ1) is 8.97. The van der Waals surface area contributed by atoms with Crippen LogP contribution in [0.25, 0.3) is 10.2 Å². The fraction of sp³-hybridized carbons (Fsp3) is 0.333. The lowest BCUT2D eigenvalue weighted by molar-refractivity contribution is 0.0954. The van der Waals surface area contributed by atoms with Gasteiger partial charge in [-0.25, -0.2) is 4.98 Å². The Hall–Kier alpha value is -1.47. The summed E-state index contributed by atoms with van der Waals surface area (Å²) in [5, 5.41) is 3.20. The van der Waals surface area contributed by atoms with Gasteiger partial charge in [0.05, 0.1) is 10.2 Å².